The average Bonchev–Trinajstić information content (AvgIpc) is 2.90. The molecule has 0 aromatic heterocycles. The molecule has 26 heavy (non-hydrogen) atoms. The quantitative estimate of drug-likeness (QED) is 0.389. The van der Waals surface area contributed by atoms with E-state index in [1.54, 1.807) is 0 Å². The van der Waals surface area contributed by atoms with Crippen molar-refractivity contribution in [1.29, 1.82) is 0 Å². The predicted octanol–water partition coefficient (Wildman–Crippen LogP) is 0.176. The number of rotatable bonds is 7. The Morgan fingerprint density at radius 2 is 2.04 bits per heavy atom. The molecule has 0 saturated heterocycles. The molecular formula is C14H14N4O8. The summed E-state index contributed by atoms with van der Waals surface area (Å²) >= 11 is 0. The fourth-order valence-corrected chi connectivity index (χ4v) is 2.46. The summed E-state index contributed by atoms with van der Waals surface area (Å²) in [6.07, 6.45) is 0. The summed E-state index contributed by atoms with van der Waals surface area (Å²) in [6.45, 7) is -0.594. The first-order chi connectivity index (χ1) is 12.3. The summed E-state index contributed by atoms with van der Waals surface area (Å²) in [7, 11) is 1.10. The SMILES string of the molecule is COC(=O)C1=C(Nc2cccc([N+](=O)[O-])c2[N+](=O)[O-])C(=O)N(CCO)C1. The average molecular weight is 366 g/mol. The van der Waals surface area contributed by atoms with Gasteiger partial charge in [0.25, 0.3) is 5.91 Å². The van der Waals surface area contributed by atoms with Crippen LogP contribution in [0.2, 0.25) is 0 Å². The normalized spacial score (nSPS) is 13.8. The predicted molar refractivity (Wildman–Crippen MR) is 86.1 cm³/mol. The van der Waals surface area contributed by atoms with Crippen molar-refractivity contribution in [3.8, 4) is 0 Å². The van der Waals surface area contributed by atoms with Crippen molar-refractivity contribution >= 4 is 28.9 Å². The molecule has 12 nitrogen and oxygen atoms in total. The van der Waals surface area contributed by atoms with Gasteiger partial charge in [-0.05, 0) is 6.07 Å². The highest BCUT2D eigenvalue weighted by atomic mass is 16.6. The van der Waals surface area contributed by atoms with Gasteiger partial charge in [0.15, 0.2) is 0 Å². The second-order valence-electron chi connectivity index (χ2n) is 5.11. The molecular weight excluding hydrogens is 352 g/mol. The number of esters is 1. The van der Waals surface area contributed by atoms with Crippen LogP contribution in [0.5, 0.6) is 0 Å². The Balaban J connectivity index is 2.52. The maximum Gasteiger partial charge on any atom is 0.369 e. The molecule has 1 aliphatic heterocycles. The lowest BCUT2D eigenvalue weighted by molar-refractivity contribution is -0.421. The fraction of sp³-hybridized carbons (Fsp3) is 0.286. The zero-order chi connectivity index (χ0) is 19.4. The van der Waals surface area contributed by atoms with E-state index in [1.807, 2.05) is 0 Å². The fourth-order valence-electron chi connectivity index (χ4n) is 2.46. The number of amides is 1. The number of hydrogen-bond donors (Lipinski definition) is 2. The van der Waals surface area contributed by atoms with Crippen LogP contribution in [-0.2, 0) is 14.3 Å². The third kappa shape index (κ3) is 3.44. The minimum absolute atomic E-state index is 0.0679. The van der Waals surface area contributed by atoms with Gasteiger partial charge in [-0.25, -0.2) is 4.79 Å². The lowest BCUT2D eigenvalue weighted by atomic mass is 10.2. The summed E-state index contributed by atoms with van der Waals surface area (Å²) in [5.41, 5.74) is -2.33. The topological polar surface area (TPSA) is 165 Å². The Hall–Kier alpha value is -3.54. The van der Waals surface area contributed by atoms with Crippen LogP contribution in [-0.4, -0.2) is 58.5 Å². The van der Waals surface area contributed by atoms with Gasteiger partial charge in [-0.3, -0.25) is 25.0 Å². The van der Waals surface area contributed by atoms with Crippen LogP contribution in [0.4, 0.5) is 17.1 Å². The number of nitrogens with zero attached hydrogens (tertiary/aromatic N) is 3. The van der Waals surface area contributed by atoms with Crippen molar-refractivity contribution in [3.63, 3.8) is 0 Å². The molecule has 1 aromatic rings. The molecule has 1 heterocycles. The van der Waals surface area contributed by atoms with Gasteiger partial charge in [0.05, 0.1) is 35.7 Å². The number of anilines is 1. The van der Waals surface area contributed by atoms with Crippen molar-refractivity contribution in [2.24, 2.45) is 0 Å². The van der Waals surface area contributed by atoms with Gasteiger partial charge in [-0.15, -0.1) is 0 Å². The first-order valence-corrected chi connectivity index (χ1v) is 7.22. The van der Waals surface area contributed by atoms with Gasteiger partial charge in [-0.2, -0.15) is 0 Å². The molecule has 138 valence electrons. The first kappa shape index (κ1) is 18.8. The third-order valence-corrected chi connectivity index (χ3v) is 3.61. The number of aliphatic hydroxyl groups excluding tert-OH is 1. The zero-order valence-corrected chi connectivity index (χ0v) is 13.5. The van der Waals surface area contributed by atoms with E-state index in [4.69, 9.17) is 5.11 Å². The Morgan fingerprint density at radius 1 is 1.35 bits per heavy atom. The lowest BCUT2D eigenvalue weighted by Crippen LogP contribution is -2.31. The molecule has 2 N–H and O–H groups in total. The lowest BCUT2D eigenvalue weighted by Gasteiger charge is -2.15. The number of nitro benzene ring substituents is 2. The summed E-state index contributed by atoms with van der Waals surface area (Å²) in [6, 6.07) is 3.33. The monoisotopic (exact) mass is 366 g/mol. The molecule has 0 atom stereocenters. The van der Waals surface area contributed by atoms with E-state index in [2.05, 4.69) is 10.1 Å². The number of methoxy groups -OCH3 is 1. The highest BCUT2D eigenvalue weighted by Gasteiger charge is 2.37. The van der Waals surface area contributed by atoms with Crippen molar-refractivity contribution in [2.75, 3.05) is 32.1 Å². The van der Waals surface area contributed by atoms with Gasteiger partial charge in [-0.1, -0.05) is 6.07 Å². The summed E-state index contributed by atoms with van der Waals surface area (Å²) in [4.78, 5) is 45.9. The molecule has 2 rings (SSSR count). The molecule has 0 saturated carbocycles. The number of para-hydroxylation sites is 1. The van der Waals surface area contributed by atoms with Crippen molar-refractivity contribution in [2.45, 2.75) is 0 Å². The molecule has 1 aromatic carbocycles. The van der Waals surface area contributed by atoms with Crippen LogP contribution in [0.15, 0.2) is 29.5 Å². The zero-order valence-electron chi connectivity index (χ0n) is 13.5. The Labute approximate surface area is 146 Å². The van der Waals surface area contributed by atoms with E-state index in [-0.39, 0.29) is 36.7 Å². The number of nitro groups is 2. The Kier molecular flexibility index (Phi) is 5.47. The smallest absolute Gasteiger partial charge is 0.369 e. The molecule has 0 radical (unpaired) electrons. The molecule has 12 heteroatoms. The molecule has 0 aliphatic carbocycles. The number of aliphatic hydroxyl groups is 1. The van der Waals surface area contributed by atoms with Crippen molar-refractivity contribution in [1.82, 2.24) is 4.90 Å². The highest BCUT2D eigenvalue weighted by Crippen LogP contribution is 2.36. The largest absolute Gasteiger partial charge is 0.466 e. The Morgan fingerprint density at radius 3 is 2.58 bits per heavy atom. The highest BCUT2D eigenvalue weighted by molar-refractivity contribution is 6.09. The van der Waals surface area contributed by atoms with Crippen LogP contribution >= 0.6 is 0 Å². The van der Waals surface area contributed by atoms with E-state index in [9.17, 15) is 29.8 Å². The first-order valence-electron chi connectivity index (χ1n) is 7.22. The molecule has 0 fully saturated rings. The molecule has 1 aliphatic rings. The minimum Gasteiger partial charge on any atom is -0.466 e. The number of hydrogen-bond acceptors (Lipinski definition) is 9. The summed E-state index contributed by atoms with van der Waals surface area (Å²) < 4.78 is 4.60. The van der Waals surface area contributed by atoms with Gasteiger partial charge < -0.3 is 20.1 Å². The molecule has 0 unspecified atom stereocenters. The van der Waals surface area contributed by atoms with Crippen molar-refractivity contribution < 1.29 is 29.3 Å². The molecule has 0 bridgehead atoms. The van der Waals surface area contributed by atoms with Gasteiger partial charge in [0, 0.05) is 12.6 Å². The number of nitrogens with one attached hydrogen (secondary N) is 1. The minimum atomic E-state index is -0.955. The van der Waals surface area contributed by atoms with Crippen LogP contribution in [0.3, 0.4) is 0 Å². The number of benzene rings is 1. The third-order valence-electron chi connectivity index (χ3n) is 3.61. The van der Waals surface area contributed by atoms with Crippen LogP contribution in [0.1, 0.15) is 0 Å². The number of carbonyl (C=O) groups is 2. The summed E-state index contributed by atoms with van der Waals surface area (Å²) in [5.74, 6) is -1.53. The standard InChI is InChI=1S/C14H14N4O8/c1-26-14(21)8-7-16(5-6-19)13(20)11(8)15-9-3-2-4-10(17(22)23)12(9)18(24)25/h2-4,15,19H,5-7H2,1H3. The van der Waals surface area contributed by atoms with E-state index in [1.165, 1.54) is 12.1 Å². The molecule has 1 amide bonds. The van der Waals surface area contributed by atoms with Gasteiger partial charge in [0.1, 0.15) is 11.4 Å². The maximum absolute atomic E-state index is 12.4. The van der Waals surface area contributed by atoms with Crippen molar-refractivity contribution in [3.05, 3.63) is 49.7 Å². The number of β-amino-alcohol motifs (C(OH)–C–C–N with tert-alkyl or cyclic N) is 1. The maximum atomic E-state index is 12.4. The van der Waals surface area contributed by atoms with Gasteiger partial charge >= 0.3 is 17.3 Å². The van der Waals surface area contributed by atoms with Crippen LogP contribution in [0, 0.1) is 20.2 Å². The van der Waals surface area contributed by atoms with Crippen LogP contribution in [0.25, 0.3) is 0 Å². The number of carbonyl (C=O) groups excluding carboxylic acids is 2. The molecule has 0 spiro atoms. The van der Waals surface area contributed by atoms with Crippen LogP contribution < -0.4 is 5.32 Å². The van der Waals surface area contributed by atoms with E-state index in [0.29, 0.717) is 0 Å². The van der Waals surface area contributed by atoms with E-state index < -0.39 is 33.1 Å². The van der Waals surface area contributed by atoms with E-state index >= 15 is 0 Å². The second kappa shape index (κ2) is 7.57. The van der Waals surface area contributed by atoms with Gasteiger partial charge in [0.2, 0.25) is 0 Å². The van der Waals surface area contributed by atoms with E-state index in [0.717, 1.165) is 18.1 Å². The Bertz CT molecular complexity index is 819. The summed E-state index contributed by atoms with van der Waals surface area (Å²) in [5, 5.41) is 33.7. The second-order valence-corrected chi connectivity index (χ2v) is 5.11. The number of ether oxygens (including phenoxy) is 1.